The van der Waals surface area contributed by atoms with Crippen molar-refractivity contribution in [3.8, 4) is 0 Å². The van der Waals surface area contributed by atoms with Crippen molar-refractivity contribution in [2.45, 2.75) is 50.4 Å². The molecular weight excluding hydrogens is 314 g/mol. The number of primary amides is 1. The molecule has 1 aromatic rings. The molecule has 3 N–H and O–H groups in total. The molecule has 23 heavy (non-hydrogen) atoms. The van der Waals surface area contributed by atoms with Crippen molar-refractivity contribution in [3.63, 3.8) is 0 Å². The molecule has 1 atom stereocenters. The minimum atomic E-state index is -0.987. The van der Waals surface area contributed by atoms with E-state index in [0.717, 1.165) is 16.7 Å². The van der Waals surface area contributed by atoms with E-state index in [0.29, 0.717) is 5.56 Å². The first-order chi connectivity index (χ1) is 10.7. The van der Waals surface area contributed by atoms with Crippen molar-refractivity contribution in [1.82, 2.24) is 0 Å². The molecule has 1 aromatic carbocycles. The van der Waals surface area contributed by atoms with Gasteiger partial charge in [-0.2, -0.15) is 0 Å². The second-order valence-electron chi connectivity index (χ2n) is 6.78. The fourth-order valence-corrected chi connectivity index (χ4v) is 3.39. The summed E-state index contributed by atoms with van der Waals surface area (Å²) in [5, 5.41) is 9.68. The third-order valence-corrected chi connectivity index (χ3v) is 4.98. The van der Waals surface area contributed by atoms with Gasteiger partial charge >= 0.3 is 16.9 Å². The van der Waals surface area contributed by atoms with E-state index in [1.165, 1.54) is 0 Å². The predicted octanol–water partition coefficient (Wildman–Crippen LogP) is 2.11. The Kier molecular flexibility index (Phi) is 5.18. The molecule has 0 spiro atoms. The molecule has 1 heterocycles. The highest BCUT2D eigenvalue weighted by Crippen LogP contribution is 2.39. The predicted molar refractivity (Wildman–Crippen MR) is 89.3 cm³/mol. The second-order valence-corrected chi connectivity index (χ2v) is 7.44. The number of hydrogen-bond donors (Lipinski definition) is 2. The highest BCUT2D eigenvalue weighted by Gasteiger charge is 2.42. The molecule has 0 aliphatic carbocycles. The summed E-state index contributed by atoms with van der Waals surface area (Å²) in [6.07, 6.45) is 0. The first-order valence-electron chi connectivity index (χ1n) is 7.77. The van der Waals surface area contributed by atoms with Crippen LogP contribution < -0.4 is 5.73 Å². The SMILES string of the molecule is CC(C)c1cc(C2(O)COC2)cc(C(C)C)c1C([S+]=O)C(N)=O. The Morgan fingerprint density at radius 3 is 1.96 bits per heavy atom. The van der Waals surface area contributed by atoms with Gasteiger partial charge in [-0.15, -0.1) is 0 Å². The number of carbonyl (C=O) groups is 1. The lowest BCUT2D eigenvalue weighted by Gasteiger charge is -2.38. The average molecular weight is 338 g/mol. The van der Waals surface area contributed by atoms with Crippen LogP contribution in [0, 0.1) is 0 Å². The van der Waals surface area contributed by atoms with E-state index in [4.69, 9.17) is 10.5 Å². The Hall–Kier alpha value is -1.37. The summed E-state index contributed by atoms with van der Waals surface area (Å²) >= 11 is 0.216. The highest BCUT2D eigenvalue weighted by atomic mass is 32.1. The van der Waals surface area contributed by atoms with Gasteiger partial charge in [-0.05, 0) is 28.5 Å². The fourth-order valence-electron chi connectivity index (χ4n) is 2.93. The van der Waals surface area contributed by atoms with Crippen molar-refractivity contribution >= 4 is 17.6 Å². The zero-order chi connectivity index (χ0) is 17.4. The number of amides is 1. The molecule has 0 radical (unpaired) electrons. The van der Waals surface area contributed by atoms with Gasteiger partial charge in [0.25, 0.3) is 5.91 Å². The minimum Gasteiger partial charge on any atom is -0.380 e. The van der Waals surface area contributed by atoms with E-state index < -0.39 is 16.8 Å². The van der Waals surface area contributed by atoms with E-state index in [-0.39, 0.29) is 36.7 Å². The highest BCUT2D eigenvalue weighted by molar-refractivity contribution is 7.66. The molecule has 0 saturated carbocycles. The van der Waals surface area contributed by atoms with Gasteiger partial charge in [0.2, 0.25) is 0 Å². The summed E-state index contributed by atoms with van der Waals surface area (Å²) in [7, 11) is 0. The normalized spacial score (nSPS) is 17.9. The third kappa shape index (κ3) is 3.29. The standard InChI is InChI=1S/C17H23NO4S/c1-9(2)12-5-11(17(20)7-22-8-17)6-13(10(3)4)14(12)15(23-21)16(18)19/h5-6,9-10,15,20H,7-8H2,1-4H3,(H-,18,19)/p+1. The van der Waals surface area contributed by atoms with Crippen molar-refractivity contribution in [1.29, 1.82) is 0 Å². The summed E-state index contributed by atoms with van der Waals surface area (Å²) in [6.45, 7) is 8.53. The van der Waals surface area contributed by atoms with E-state index in [1.807, 2.05) is 39.8 Å². The van der Waals surface area contributed by atoms with Crippen LogP contribution in [0.25, 0.3) is 0 Å². The Bertz CT molecular complexity index is 594. The van der Waals surface area contributed by atoms with Crippen molar-refractivity contribution in [3.05, 3.63) is 34.4 Å². The lowest BCUT2D eigenvalue weighted by Crippen LogP contribution is -2.46. The first-order valence-corrected chi connectivity index (χ1v) is 8.58. The smallest absolute Gasteiger partial charge is 0.380 e. The summed E-state index contributed by atoms with van der Waals surface area (Å²) < 4.78 is 16.7. The van der Waals surface area contributed by atoms with Crippen LogP contribution in [0.5, 0.6) is 0 Å². The van der Waals surface area contributed by atoms with Gasteiger partial charge in [-0.3, -0.25) is 4.79 Å². The van der Waals surface area contributed by atoms with Gasteiger partial charge < -0.3 is 15.6 Å². The minimum absolute atomic E-state index is 0.0982. The Morgan fingerprint density at radius 2 is 1.70 bits per heavy atom. The molecule has 0 bridgehead atoms. The van der Waals surface area contributed by atoms with Gasteiger partial charge in [0.1, 0.15) is 5.60 Å². The van der Waals surface area contributed by atoms with Gasteiger partial charge in [-0.25, -0.2) is 0 Å². The first kappa shape index (κ1) is 18.0. The number of benzene rings is 1. The zero-order valence-corrected chi connectivity index (χ0v) is 14.8. The Labute approximate surface area is 140 Å². The molecular formula is C17H24NO4S+. The molecule has 1 fully saturated rings. The summed E-state index contributed by atoms with van der Waals surface area (Å²) in [5.74, 6) is -0.436. The Morgan fingerprint density at radius 1 is 1.22 bits per heavy atom. The maximum Gasteiger partial charge on any atom is 0.477 e. The number of ether oxygens (including phenoxy) is 1. The van der Waals surface area contributed by atoms with Crippen molar-refractivity contribution in [2.75, 3.05) is 13.2 Å². The summed E-state index contributed by atoms with van der Waals surface area (Å²) in [5.41, 5.74) is 7.72. The van der Waals surface area contributed by atoms with Crippen molar-refractivity contribution < 1.29 is 18.8 Å². The molecule has 1 aliphatic heterocycles. The van der Waals surface area contributed by atoms with Crippen LogP contribution >= 0.6 is 0 Å². The second kappa shape index (κ2) is 6.63. The van der Waals surface area contributed by atoms with E-state index in [2.05, 4.69) is 0 Å². The molecule has 1 aliphatic rings. The van der Waals surface area contributed by atoms with Gasteiger partial charge in [0.15, 0.2) is 0 Å². The van der Waals surface area contributed by atoms with Crippen molar-refractivity contribution in [2.24, 2.45) is 5.73 Å². The molecule has 1 saturated heterocycles. The quantitative estimate of drug-likeness (QED) is 0.777. The lowest BCUT2D eigenvalue weighted by atomic mass is 9.80. The number of carbonyl (C=O) groups excluding carboxylic acids is 1. The van der Waals surface area contributed by atoms with Gasteiger partial charge in [0, 0.05) is 9.77 Å². The molecule has 126 valence electrons. The van der Waals surface area contributed by atoms with Crippen LogP contribution in [0.15, 0.2) is 12.1 Å². The van der Waals surface area contributed by atoms with Crippen LogP contribution in [0.1, 0.15) is 67.0 Å². The van der Waals surface area contributed by atoms with Crippen LogP contribution in [0.4, 0.5) is 0 Å². The third-order valence-electron chi connectivity index (χ3n) is 4.32. The average Bonchev–Trinajstić information content (AvgIpc) is 2.44. The lowest BCUT2D eigenvalue weighted by molar-refractivity contribution is -0.184. The molecule has 6 heteroatoms. The summed E-state index contributed by atoms with van der Waals surface area (Å²) in [6, 6.07) is 3.78. The van der Waals surface area contributed by atoms with Crippen LogP contribution in [-0.2, 0) is 31.0 Å². The van der Waals surface area contributed by atoms with E-state index in [1.54, 1.807) is 0 Å². The number of rotatable bonds is 6. The molecule has 5 nitrogen and oxygen atoms in total. The van der Waals surface area contributed by atoms with Gasteiger partial charge in [-0.1, -0.05) is 39.8 Å². The van der Waals surface area contributed by atoms with Crippen LogP contribution in [-0.4, -0.2) is 24.2 Å². The molecule has 2 rings (SSSR count). The maximum atomic E-state index is 11.8. The van der Waals surface area contributed by atoms with Crippen LogP contribution in [0.3, 0.4) is 0 Å². The van der Waals surface area contributed by atoms with Crippen LogP contribution in [0.2, 0.25) is 0 Å². The molecule has 0 aromatic heterocycles. The Balaban J connectivity index is 2.72. The summed E-state index contributed by atoms with van der Waals surface area (Å²) in [4.78, 5) is 11.8. The van der Waals surface area contributed by atoms with E-state index >= 15 is 0 Å². The monoisotopic (exact) mass is 338 g/mol. The number of nitrogens with two attached hydrogens (primary N) is 1. The number of hydrogen-bond acceptors (Lipinski definition) is 4. The molecule has 1 amide bonds. The number of aliphatic hydroxyl groups is 1. The fraction of sp³-hybridized carbons (Fsp3) is 0.588. The topological polar surface area (TPSA) is 89.6 Å². The largest absolute Gasteiger partial charge is 0.477 e. The maximum absolute atomic E-state index is 11.8. The van der Waals surface area contributed by atoms with E-state index in [9.17, 15) is 14.1 Å². The molecule has 1 unspecified atom stereocenters. The zero-order valence-electron chi connectivity index (χ0n) is 14.0. The van der Waals surface area contributed by atoms with Gasteiger partial charge in [0.05, 0.1) is 13.2 Å².